The monoisotopic (exact) mass is 529 g/mol. The largest absolute Gasteiger partial charge is 0.493 e. The third kappa shape index (κ3) is 4.74. The van der Waals surface area contributed by atoms with Crippen LogP contribution in [0.2, 0.25) is 0 Å². The van der Waals surface area contributed by atoms with Gasteiger partial charge in [0.05, 0.1) is 24.9 Å². The molecule has 6 nitrogen and oxygen atoms in total. The number of hydrogen-bond acceptors (Lipinski definition) is 7. The van der Waals surface area contributed by atoms with Crippen LogP contribution < -0.4 is 14.8 Å². The summed E-state index contributed by atoms with van der Waals surface area (Å²) in [5, 5.41) is 6.40. The second kappa shape index (κ2) is 9.89. The molecule has 0 spiro atoms. The smallest absolute Gasteiger partial charge is 0.237 e. The van der Waals surface area contributed by atoms with Gasteiger partial charge in [-0.2, -0.15) is 0 Å². The van der Waals surface area contributed by atoms with E-state index in [9.17, 15) is 4.79 Å². The van der Waals surface area contributed by atoms with Crippen LogP contribution in [-0.4, -0.2) is 35.3 Å². The van der Waals surface area contributed by atoms with Crippen molar-refractivity contribution in [2.75, 3.05) is 19.5 Å². The van der Waals surface area contributed by atoms with E-state index in [0.29, 0.717) is 17.2 Å². The van der Waals surface area contributed by atoms with Crippen molar-refractivity contribution in [1.82, 2.24) is 9.97 Å². The highest BCUT2D eigenvalue weighted by Crippen LogP contribution is 2.39. The summed E-state index contributed by atoms with van der Waals surface area (Å²) < 4.78 is 11.6. The van der Waals surface area contributed by atoms with Gasteiger partial charge < -0.3 is 14.8 Å². The fourth-order valence-electron chi connectivity index (χ4n) is 3.16. The molecule has 0 aliphatic carbocycles. The minimum atomic E-state index is -0.376. The SMILES string of the molecule is COc1ccc(NC(=O)C(C)Sc2ncnc3scc(-c4ccc(Br)cc4)c23)cc1OC. The number of thiophene rings is 1. The lowest BCUT2D eigenvalue weighted by molar-refractivity contribution is -0.115. The second-order valence-corrected chi connectivity index (χ2v) is 9.94. The van der Waals surface area contributed by atoms with Gasteiger partial charge in [-0.3, -0.25) is 4.79 Å². The number of rotatable bonds is 7. The van der Waals surface area contributed by atoms with Gasteiger partial charge in [0.1, 0.15) is 16.2 Å². The number of amides is 1. The summed E-state index contributed by atoms with van der Waals surface area (Å²) in [7, 11) is 3.14. The molecule has 1 unspecified atom stereocenters. The van der Waals surface area contributed by atoms with E-state index in [-0.39, 0.29) is 11.2 Å². The zero-order chi connectivity index (χ0) is 22.7. The van der Waals surface area contributed by atoms with E-state index in [1.165, 1.54) is 11.8 Å². The van der Waals surface area contributed by atoms with E-state index >= 15 is 0 Å². The van der Waals surface area contributed by atoms with Crippen LogP contribution in [0.1, 0.15) is 6.92 Å². The first-order valence-electron chi connectivity index (χ1n) is 9.68. The molecule has 2 aromatic heterocycles. The van der Waals surface area contributed by atoms with Crippen molar-refractivity contribution < 1.29 is 14.3 Å². The number of thioether (sulfide) groups is 1. The lowest BCUT2D eigenvalue weighted by Gasteiger charge is -2.14. The van der Waals surface area contributed by atoms with E-state index in [1.54, 1.807) is 50.1 Å². The number of hydrogen-bond donors (Lipinski definition) is 1. The summed E-state index contributed by atoms with van der Waals surface area (Å²) in [6.45, 7) is 1.86. The van der Waals surface area contributed by atoms with Crippen LogP contribution in [-0.2, 0) is 4.79 Å². The van der Waals surface area contributed by atoms with Gasteiger partial charge >= 0.3 is 0 Å². The van der Waals surface area contributed by atoms with Crippen molar-refractivity contribution in [1.29, 1.82) is 0 Å². The van der Waals surface area contributed by atoms with Crippen LogP contribution >= 0.6 is 39.0 Å². The molecular formula is C23H20BrN3O3S2. The molecule has 0 saturated carbocycles. The van der Waals surface area contributed by atoms with Crippen molar-refractivity contribution in [2.24, 2.45) is 0 Å². The maximum Gasteiger partial charge on any atom is 0.237 e. The maximum atomic E-state index is 12.9. The van der Waals surface area contributed by atoms with E-state index < -0.39 is 0 Å². The van der Waals surface area contributed by atoms with E-state index in [1.807, 2.05) is 19.1 Å². The van der Waals surface area contributed by atoms with Gasteiger partial charge in [-0.1, -0.05) is 39.8 Å². The lowest BCUT2D eigenvalue weighted by atomic mass is 10.1. The number of benzene rings is 2. The van der Waals surface area contributed by atoms with Crippen LogP contribution in [0, 0.1) is 0 Å². The summed E-state index contributed by atoms with van der Waals surface area (Å²) in [6.07, 6.45) is 1.55. The Morgan fingerprint density at radius 1 is 1.09 bits per heavy atom. The molecule has 2 aromatic carbocycles. The standard InChI is InChI=1S/C23H20BrN3O3S2/c1-13(21(28)27-16-8-9-18(29-2)19(10-16)30-3)32-23-20-17(11-31-22(20)25-12-26-23)14-4-6-15(24)7-5-14/h4-13H,1-3H3,(H,27,28). The number of methoxy groups -OCH3 is 2. The molecule has 0 fully saturated rings. The Morgan fingerprint density at radius 2 is 1.84 bits per heavy atom. The Balaban J connectivity index is 1.57. The Morgan fingerprint density at radius 3 is 2.56 bits per heavy atom. The average Bonchev–Trinajstić information content (AvgIpc) is 3.24. The molecule has 0 aliphatic rings. The van der Waals surface area contributed by atoms with Crippen molar-refractivity contribution in [2.45, 2.75) is 17.2 Å². The molecule has 0 aliphatic heterocycles. The minimum absolute atomic E-state index is 0.130. The number of anilines is 1. The molecule has 32 heavy (non-hydrogen) atoms. The van der Waals surface area contributed by atoms with Gasteiger partial charge in [0, 0.05) is 27.2 Å². The van der Waals surface area contributed by atoms with Crippen LogP contribution in [0.15, 0.2) is 63.7 Å². The zero-order valence-corrected chi connectivity index (χ0v) is 20.8. The first kappa shape index (κ1) is 22.6. The second-order valence-electron chi connectivity index (χ2n) is 6.83. The van der Waals surface area contributed by atoms with Crippen molar-refractivity contribution >= 4 is 60.8 Å². The molecular weight excluding hydrogens is 510 g/mol. The summed E-state index contributed by atoms with van der Waals surface area (Å²) in [6, 6.07) is 13.4. The molecule has 2 heterocycles. The Hall–Kier alpha value is -2.62. The summed E-state index contributed by atoms with van der Waals surface area (Å²) >= 11 is 6.46. The third-order valence-corrected chi connectivity index (χ3v) is 7.31. The first-order chi connectivity index (χ1) is 15.5. The van der Waals surface area contributed by atoms with Gasteiger partial charge in [0.2, 0.25) is 5.91 Å². The summed E-state index contributed by atoms with van der Waals surface area (Å²) in [5.74, 6) is 1.03. The molecule has 1 atom stereocenters. The molecule has 0 bridgehead atoms. The highest BCUT2D eigenvalue weighted by Gasteiger charge is 2.20. The Bertz CT molecular complexity index is 1260. The highest BCUT2D eigenvalue weighted by molar-refractivity contribution is 9.10. The minimum Gasteiger partial charge on any atom is -0.493 e. The van der Waals surface area contributed by atoms with Crippen LogP contribution in [0.4, 0.5) is 5.69 Å². The van der Waals surface area contributed by atoms with E-state index in [0.717, 1.165) is 30.8 Å². The number of halogens is 1. The van der Waals surface area contributed by atoms with Crippen LogP contribution in [0.3, 0.4) is 0 Å². The normalized spacial score (nSPS) is 11.9. The predicted octanol–water partition coefficient (Wildman–Crippen LogP) is 6.26. The molecule has 0 radical (unpaired) electrons. The van der Waals surface area contributed by atoms with Crippen molar-refractivity contribution in [3.05, 3.63) is 58.6 Å². The van der Waals surface area contributed by atoms with Gasteiger partial charge in [-0.05, 0) is 36.8 Å². The van der Waals surface area contributed by atoms with Gasteiger partial charge in [0.25, 0.3) is 0 Å². The summed E-state index contributed by atoms with van der Waals surface area (Å²) in [5.41, 5.74) is 2.78. The number of nitrogens with one attached hydrogen (secondary N) is 1. The molecule has 1 amide bonds. The lowest BCUT2D eigenvalue weighted by Crippen LogP contribution is -2.22. The molecule has 164 valence electrons. The molecule has 9 heteroatoms. The number of carbonyl (C=O) groups excluding carboxylic acids is 1. The fourth-order valence-corrected chi connectivity index (χ4v) is 5.34. The number of aromatic nitrogens is 2. The number of carbonyl (C=O) groups is 1. The molecule has 4 aromatic rings. The molecule has 0 saturated heterocycles. The number of nitrogens with zero attached hydrogens (tertiary/aromatic N) is 2. The predicted molar refractivity (Wildman–Crippen MR) is 134 cm³/mol. The maximum absolute atomic E-state index is 12.9. The molecule has 4 rings (SSSR count). The van der Waals surface area contributed by atoms with Gasteiger partial charge in [-0.15, -0.1) is 11.3 Å². The summed E-state index contributed by atoms with van der Waals surface area (Å²) in [4.78, 5) is 22.7. The Kier molecular flexibility index (Phi) is 6.98. The number of ether oxygens (including phenoxy) is 2. The van der Waals surface area contributed by atoms with Crippen LogP contribution in [0.5, 0.6) is 11.5 Å². The highest BCUT2D eigenvalue weighted by atomic mass is 79.9. The third-order valence-electron chi connectivity index (χ3n) is 4.80. The van der Waals surface area contributed by atoms with Crippen molar-refractivity contribution in [3.8, 4) is 22.6 Å². The van der Waals surface area contributed by atoms with Crippen molar-refractivity contribution in [3.63, 3.8) is 0 Å². The molecule has 1 N–H and O–H groups in total. The quantitative estimate of drug-likeness (QED) is 0.225. The van der Waals surface area contributed by atoms with Gasteiger partial charge in [0.15, 0.2) is 11.5 Å². The number of fused-ring (bicyclic) bond motifs is 1. The van der Waals surface area contributed by atoms with E-state index in [4.69, 9.17) is 9.47 Å². The fraction of sp³-hybridized carbons (Fsp3) is 0.174. The first-order valence-corrected chi connectivity index (χ1v) is 12.2. The Labute approximate surface area is 202 Å². The van der Waals surface area contributed by atoms with E-state index in [2.05, 4.69) is 48.7 Å². The zero-order valence-electron chi connectivity index (χ0n) is 17.6. The average molecular weight is 530 g/mol. The topological polar surface area (TPSA) is 73.3 Å². The van der Waals surface area contributed by atoms with Gasteiger partial charge in [-0.25, -0.2) is 9.97 Å². The van der Waals surface area contributed by atoms with Crippen LogP contribution in [0.25, 0.3) is 21.3 Å².